The zero-order valence-corrected chi connectivity index (χ0v) is 20.1. The fraction of sp³-hybridized carbons (Fsp3) is 0.478. The second-order valence-corrected chi connectivity index (χ2v) is 11.1. The number of pyridine rings is 1. The van der Waals surface area contributed by atoms with E-state index in [2.05, 4.69) is 5.48 Å². The third kappa shape index (κ3) is 5.70. The smallest absolute Gasteiger partial charge is 0.264 e. The van der Waals surface area contributed by atoms with Crippen LogP contribution in [0.25, 0.3) is 11.1 Å². The summed E-state index contributed by atoms with van der Waals surface area (Å²) in [5.41, 5.74) is 2.20. The highest BCUT2D eigenvalue weighted by molar-refractivity contribution is 7.92. The van der Waals surface area contributed by atoms with Gasteiger partial charge in [0.25, 0.3) is 11.5 Å². The Morgan fingerprint density at radius 1 is 1.26 bits per heavy atom. The topological polar surface area (TPSA) is 104 Å². The van der Waals surface area contributed by atoms with Gasteiger partial charge in [-0.1, -0.05) is 6.07 Å². The molecule has 1 amide bonds. The van der Waals surface area contributed by atoms with Crippen molar-refractivity contribution in [3.8, 4) is 11.1 Å². The average molecular weight is 499 g/mol. The number of benzene rings is 1. The summed E-state index contributed by atoms with van der Waals surface area (Å²) in [5.74, 6) is -2.10. The number of carbonyl (C=O) groups is 1. The van der Waals surface area contributed by atoms with Crippen molar-refractivity contribution >= 4 is 15.7 Å². The van der Waals surface area contributed by atoms with Crippen LogP contribution in [0.15, 0.2) is 35.3 Å². The summed E-state index contributed by atoms with van der Waals surface area (Å²) < 4.78 is 57.7. The van der Waals surface area contributed by atoms with Crippen LogP contribution in [-0.4, -0.2) is 42.8 Å². The number of hydrogen-bond acceptors (Lipinski definition) is 6. The van der Waals surface area contributed by atoms with E-state index in [0.717, 1.165) is 35.9 Å². The van der Waals surface area contributed by atoms with Crippen molar-refractivity contribution in [3.63, 3.8) is 0 Å². The molecule has 1 aliphatic heterocycles. The van der Waals surface area contributed by atoms with Crippen LogP contribution in [0, 0.1) is 18.6 Å². The molecule has 1 saturated heterocycles. The van der Waals surface area contributed by atoms with Gasteiger partial charge in [-0.05, 0) is 56.4 Å². The van der Waals surface area contributed by atoms with Crippen LogP contribution in [0.4, 0.5) is 8.78 Å². The molecule has 0 spiro atoms. The van der Waals surface area contributed by atoms with E-state index in [4.69, 9.17) is 9.57 Å². The van der Waals surface area contributed by atoms with Gasteiger partial charge in [-0.3, -0.25) is 9.59 Å². The minimum Gasteiger partial charge on any atom is -0.350 e. The monoisotopic (exact) mass is 498 g/mol. The van der Waals surface area contributed by atoms with Crippen LogP contribution in [0.3, 0.4) is 0 Å². The second kappa shape index (κ2) is 10.3. The van der Waals surface area contributed by atoms with E-state index in [1.165, 1.54) is 32.0 Å². The highest BCUT2D eigenvalue weighted by Crippen LogP contribution is 2.25. The molecule has 0 aliphatic carbocycles. The van der Waals surface area contributed by atoms with Crippen LogP contribution in [-0.2, 0) is 30.8 Å². The summed E-state index contributed by atoms with van der Waals surface area (Å²) in [6.07, 6.45) is 3.17. The van der Waals surface area contributed by atoms with Gasteiger partial charge < -0.3 is 9.30 Å². The summed E-state index contributed by atoms with van der Waals surface area (Å²) in [6.45, 7) is 2.99. The molecular weight excluding hydrogens is 470 g/mol. The summed E-state index contributed by atoms with van der Waals surface area (Å²) in [4.78, 5) is 30.6. The lowest BCUT2D eigenvalue weighted by Gasteiger charge is -2.28. The maximum Gasteiger partial charge on any atom is 0.264 e. The highest BCUT2D eigenvalue weighted by Gasteiger charge is 2.44. The number of hydrogen-bond donors (Lipinski definition) is 1. The van der Waals surface area contributed by atoms with E-state index in [0.29, 0.717) is 24.2 Å². The summed E-state index contributed by atoms with van der Waals surface area (Å²) in [7, 11) is -3.95. The number of nitrogens with one attached hydrogen (secondary N) is 1. The van der Waals surface area contributed by atoms with E-state index >= 15 is 0 Å². The first kappa shape index (κ1) is 26.0. The van der Waals surface area contributed by atoms with Crippen LogP contribution in [0.2, 0.25) is 0 Å². The number of nitrogens with zero attached hydrogens (tertiary/aromatic N) is 1. The van der Waals surface area contributed by atoms with Gasteiger partial charge in [0.15, 0.2) is 20.9 Å². The molecule has 11 heteroatoms. The number of hydroxylamine groups is 1. The fourth-order valence-corrected chi connectivity index (χ4v) is 4.43. The van der Waals surface area contributed by atoms with Crippen molar-refractivity contribution in [2.24, 2.45) is 0 Å². The van der Waals surface area contributed by atoms with Gasteiger partial charge in [-0.25, -0.2) is 27.5 Å². The molecule has 3 rings (SSSR count). The number of aryl methyl sites for hydroxylation is 2. The predicted octanol–water partition coefficient (Wildman–Crippen LogP) is 2.87. The molecule has 1 aromatic carbocycles. The Labute approximate surface area is 196 Å². The lowest BCUT2D eigenvalue weighted by molar-refractivity contribution is -0.201. The van der Waals surface area contributed by atoms with Crippen molar-refractivity contribution in [1.29, 1.82) is 0 Å². The minimum absolute atomic E-state index is 0.00569. The van der Waals surface area contributed by atoms with Crippen molar-refractivity contribution in [1.82, 2.24) is 10.0 Å². The quantitative estimate of drug-likeness (QED) is 0.562. The number of amides is 1. The number of carbonyl (C=O) groups excluding carboxylic acids is 1. The lowest BCUT2D eigenvalue weighted by atomic mass is 10.0. The second-order valence-electron chi connectivity index (χ2n) is 8.63. The largest absolute Gasteiger partial charge is 0.350 e. The molecular formula is C23H28F2N2O6S. The molecule has 1 unspecified atom stereocenters. The Kier molecular flexibility index (Phi) is 7.89. The molecule has 1 aliphatic rings. The molecule has 2 aromatic rings. The number of halogens is 2. The molecule has 8 nitrogen and oxygen atoms in total. The Hall–Kier alpha value is -2.63. The van der Waals surface area contributed by atoms with Gasteiger partial charge in [-0.15, -0.1) is 0 Å². The predicted molar refractivity (Wildman–Crippen MR) is 121 cm³/mol. The van der Waals surface area contributed by atoms with Gasteiger partial charge in [0.2, 0.25) is 0 Å². The number of aromatic nitrogens is 1. The number of ether oxygens (including phenoxy) is 1. The van der Waals surface area contributed by atoms with Gasteiger partial charge in [0.1, 0.15) is 11.6 Å². The van der Waals surface area contributed by atoms with Gasteiger partial charge in [0.05, 0.1) is 0 Å². The van der Waals surface area contributed by atoms with E-state index < -0.39 is 44.0 Å². The Balaban J connectivity index is 1.78. The van der Waals surface area contributed by atoms with Crippen molar-refractivity contribution in [3.05, 3.63) is 58.0 Å². The normalized spacial score (nSPS) is 18.3. The maximum absolute atomic E-state index is 14.8. The summed E-state index contributed by atoms with van der Waals surface area (Å²) in [5, 5.41) is 0. The third-order valence-electron chi connectivity index (χ3n) is 6.10. The maximum atomic E-state index is 14.8. The Morgan fingerprint density at radius 2 is 2.00 bits per heavy atom. The van der Waals surface area contributed by atoms with E-state index in [-0.39, 0.29) is 18.5 Å². The van der Waals surface area contributed by atoms with E-state index in [9.17, 15) is 26.8 Å². The van der Waals surface area contributed by atoms with E-state index in [1.54, 1.807) is 0 Å². The molecule has 2 atom stereocenters. The minimum atomic E-state index is -3.95. The zero-order valence-electron chi connectivity index (χ0n) is 19.3. The van der Waals surface area contributed by atoms with Crippen LogP contribution < -0.4 is 11.0 Å². The summed E-state index contributed by atoms with van der Waals surface area (Å²) in [6, 6.07) is 5.04. The standard InChI is InChI=1S/C23H28F2N2O6S/c1-15-12-16(7-8-18(15)24)17-13-20(28)27(14-19(17)25)10-9-23(2,34(3,30)31)22(29)26-33-21-6-4-5-11-32-21/h7-8,12-14,21H,4-6,9-11H2,1-3H3,(H,26,29)/t21?,23-/m1/s1. The van der Waals surface area contributed by atoms with Crippen molar-refractivity contribution in [2.75, 3.05) is 12.9 Å². The first-order chi connectivity index (χ1) is 15.9. The number of sulfone groups is 1. The fourth-order valence-electron chi connectivity index (χ4n) is 3.59. The highest BCUT2D eigenvalue weighted by atomic mass is 32.2. The van der Waals surface area contributed by atoms with Gasteiger partial charge in [-0.2, -0.15) is 0 Å². The van der Waals surface area contributed by atoms with Crippen LogP contribution in [0.5, 0.6) is 0 Å². The van der Waals surface area contributed by atoms with Crippen LogP contribution in [0.1, 0.15) is 38.2 Å². The molecule has 34 heavy (non-hydrogen) atoms. The van der Waals surface area contributed by atoms with Gasteiger partial charge >= 0.3 is 0 Å². The molecule has 0 radical (unpaired) electrons. The molecule has 0 saturated carbocycles. The molecule has 2 heterocycles. The zero-order chi connectivity index (χ0) is 25.1. The van der Waals surface area contributed by atoms with Crippen molar-refractivity contribution < 1.29 is 31.6 Å². The molecule has 1 fully saturated rings. The van der Waals surface area contributed by atoms with Crippen LogP contribution >= 0.6 is 0 Å². The molecule has 0 bridgehead atoms. The Bertz CT molecular complexity index is 1220. The lowest BCUT2D eigenvalue weighted by Crippen LogP contribution is -2.51. The Morgan fingerprint density at radius 3 is 2.62 bits per heavy atom. The van der Waals surface area contributed by atoms with E-state index in [1.807, 2.05) is 0 Å². The first-order valence-electron chi connectivity index (χ1n) is 10.9. The summed E-state index contributed by atoms with van der Waals surface area (Å²) >= 11 is 0. The molecule has 1 N–H and O–H groups in total. The van der Waals surface area contributed by atoms with Gasteiger partial charge in [0, 0.05) is 43.7 Å². The molecule has 186 valence electrons. The average Bonchev–Trinajstić information content (AvgIpc) is 2.79. The third-order valence-corrected chi connectivity index (χ3v) is 8.12. The van der Waals surface area contributed by atoms with Crippen molar-refractivity contribution in [2.45, 2.75) is 57.1 Å². The number of rotatable bonds is 8. The SMILES string of the molecule is Cc1cc(-c2cc(=O)n(CC[C@](C)(C(=O)NOC3CCCCO3)S(C)(=O)=O)cc2F)ccc1F. The first-order valence-corrected chi connectivity index (χ1v) is 12.8. The molecule has 1 aromatic heterocycles.